The Morgan fingerprint density at radius 1 is 0.776 bits per heavy atom. The molecule has 0 aliphatic rings. The van der Waals surface area contributed by atoms with Gasteiger partial charge in [-0.3, -0.25) is 0 Å². The first-order valence-electron chi connectivity index (χ1n) is 16.1. The molecule has 0 bridgehead atoms. The van der Waals surface area contributed by atoms with Gasteiger partial charge in [0.2, 0.25) is 0 Å². The average molecular weight is 961 g/mol. The van der Waals surface area contributed by atoms with Crippen molar-refractivity contribution in [3.8, 4) is 11.5 Å². The SMILES string of the molecule is CCCCC(C)(C)[C@H](O)/C=C/Br.Cc1cc(OCC[C@H](O)Br)cc(C)c1C.O[C@H](Br)CCOc1cccc(Cl)c1.O[C@H](Br)c1ccccc1. The molecule has 3 aromatic carbocycles. The monoisotopic (exact) mass is 956 g/mol. The highest BCUT2D eigenvalue weighted by Gasteiger charge is 2.24. The van der Waals surface area contributed by atoms with Crippen LogP contribution in [0, 0.1) is 26.2 Å². The van der Waals surface area contributed by atoms with Gasteiger partial charge in [-0.15, -0.1) is 0 Å². The Bertz CT molecular complexity index is 1280. The molecule has 3 rings (SSSR count). The number of hydrogen-bond acceptors (Lipinski definition) is 6. The molecule has 0 heterocycles. The van der Waals surface area contributed by atoms with Crippen molar-refractivity contribution < 1.29 is 29.9 Å². The molecule has 4 atom stereocenters. The lowest BCUT2D eigenvalue weighted by atomic mass is 9.82. The summed E-state index contributed by atoms with van der Waals surface area (Å²) in [6.45, 7) is 13.6. The number of unbranched alkanes of at least 4 members (excludes halogenated alkanes) is 1. The molecule has 49 heavy (non-hydrogen) atoms. The summed E-state index contributed by atoms with van der Waals surface area (Å²) in [5, 5.41) is 35.7. The van der Waals surface area contributed by atoms with Crippen molar-refractivity contribution in [1.29, 1.82) is 0 Å². The smallest absolute Gasteiger partial charge is 0.134 e. The van der Waals surface area contributed by atoms with Crippen molar-refractivity contribution in [2.75, 3.05) is 13.2 Å². The van der Waals surface area contributed by atoms with Crippen molar-refractivity contribution >= 4 is 75.3 Å². The van der Waals surface area contributed by atoms with Crippen LogP contribution in [0.4, 0.5) is 0 Å². The van der Waals surface area contributed by atoms with Gasteiger partial charge in [-0.25, -0.2) is 0 Å². The number of halogens is 5. The van der Waals surface area contributed by atoms with E-state index in [4.69, 9.17) is 36.4 Å². The zero-order valence-electron chi connectivity index (χ0n) is 29.3. The molecule has 0 saturated heterocycles. The topological polar surface area (TPSA) is 99.4 Å². The van der Waals surface area contributed by atoms with Crippen LogP contribution in [0.3, 0.4) is 0 Å². The van der Waals surface area contributed by atoms with Gasteiger partial charge < -0.3 is 29.9 Å². The molecule has 0 aliphatic heterocycles. The van der Waals surface area contributed by atoms with Gasteiger partial charge in [0, 0.05) is 17.9 Å². The number of aliphatic hydroxyl groups excluding tert-OH is 4. The number of benzene rings is 3. The molecule has 0 radical (unpaired) electrons. The summed E-state index contributed by atoms with van der Waals surface area (Å²) >= 11 is 18.0. The lowest BCUT2D eigenvalue weighted by Crippen LogP contribution is -2.27. The molecule has 11 heteroatoms. The van der Waals surface area contributed by atoms with E-state index in [0.29, 0.717) is 31.1 Å². The second kappa shape index (κ2) is 27.7. The van der Waals surface area contributed by atoms with Crippen LogP contribution in [0.5, 0.6) is 11.5 Å². The molecule has 0 saturated carbocycles. The third kappa shape index (κ3) is 24.0. The van der Waals surface area contributed by atoms with Crippen molar-refractivity contribution in [2.45, 2.75) is 94.8 Å². The number of hydrogen-bond donors (Lipinski definition) is 4. The lowest BCUT2D eigenvalue weighted by molar-refractivity contribution is 0.0818. The highest BCUT2D eigenvalue weighted by molar-refractivity contribution is 9.11. The molecular formula is C38H53Br4ClO6. The number of aryl methyl sites for hydroxylation is 2. The predicted octanol–water partition coefficient (Wildman–Crippen LogP) is 11.5. The molecule has 276 valence electrons. The Labute approximate surface area is 332 Å². The Hall–Kier alpha value is -0.950. The summed E-state index contributed by atoms with van der Waals surface area (Å²) in [6, 6.07) is 20.6. The summed E-state index contributed by atoms with van der Waals surface area (Å²) in [5.74, 6) is 1.60. The summed E-state index contributed by atoms with van der Waals surface area (Å²) in [4.78, 5) is 1.73. The van der Waals surface area contributed by atoms with Crippen LogP contribution >= 0.6 is 75.3 Å². The van der Waals surface area contributed by atoms with Crippen LogP contribution in [0.25, 0.3) is 0 Å². The summed E-state index contributed by atoms with van der Waals surface area (Å²) in [6.07, 6.45) is 6.02. The van der Waals surface area contributed by atoms with Crippen LogP contribution in [-0.2, 0) is 0 Å². The van der Waals surface area contributed by atoms with Gasteiger partial charge in [-0.1, -0.05) is 145 Å². The predicted molar refractivity (Wildman–Crippen MR) is 220 cm³/mol. The van der Waals surface area contributed by atoms with Crippen LogP contribution < -0.4 is 9.47 Å². The lowest BCUT2D eigenvalue weighted by Gasteiger charge is -2.28. The third-order valence-electron chi connectivity index (χ3n) is 7.25. The molecule has 0 spiro atoms. The number of rotatable bonds is 14. The van der Waals surface area contributed by atoms with Gasteiger partial charge in [0.25, 0.3) is 0 Å². The number of aliphatic hydroxyl groups is 4. The molecule has 6 nitrogen and oxygen atoms in total. The van der Waals surface area contributed by atoms with Gasteiger partial charge >= 0.3 is 0 Å². The fraction of sp³-hybridized carbons (Fsp3) is 0.474. The first kappa shape index (κ1) is 48.0. The van der Waals surface area contributed by atoms with Crippen molar-refractivity contribution in [3.63, 3.8) is 0 Å². The third-order valence-corrected chi connectivity index (χ3v) is 9.24. The van der Waals surface area contributed by atoms with Gasteiger partial charge in [-0.05, 0) is 96.3 Å². The van der Waals surface area contributed by atoms with Gasteiger partial charge in [0.05, 0.1) is 19.3 Å². The van der Waals surface area contributed by atoms with Crippen LogP contribution in [0.15, 0.2) is 77.8 Å². The molecule has 0 amide bonds. The second-order valence-electron chi connectivity index (χ2n) is 11.9. The average Bonchev–Trinajstić information content (AvgIpc) is 3.04. The molecule has 3 aromatic rings. The largest absolute Gasteiger partial charge is 0.493 e. The summed E-state index contributed by atoms with van der Waals surface area (Å²) in [5.41, 5.74) is 4.68. The number of alkyl halides is 3. The quantitative estimate of drug-likeness (QED) is 0.120. The molecule has 0 fully saturated rings. The van der Waals surface area contributed by atoms with Gasteiger partial charge in [0.1, 0.15) is 26.5 Å². The Kier molecular flexibility index (Phi) is 27.1. The van der Waals surface area contributed by atoms with Crippen molar-refractivity contribution in [1.82, 2.24) is 0 Å². The Morgan fingerprint density at radius 2 is 1.31 bits per heavy atom. The summed E-state index contributed by atoms with van der Waals surface area (Å²) < 4.78 is 10.9. The highest BCUT2D eigenvalue weighted by Crippen LogP contribution is 2.28. The van der Waals surface area contributed by atoms with Crippen molar-refractivity contribution in [3.05, 3.63) is 105 Å². The minimum Gasteiger partial charge on any atom is -0.493 e. The normalized spacial score (nSPS) is 13.4. The van der Waals surface area contributed by atoms with E-state index < -0.39 is 15.0 Å². The highest BCUT2D eigenvalue weighted by atomic mass is 79.9. The fourth-order valence-corrected chi connectivity index (χ4v) is 5.05. The first-order chi connectivity index (χ1) is 23.0. The molecule has 0 aromatic heterocycles. The van der Waals surface area contributed by atoms with E-state index in [2.05, 4.69) is 105 Å². The minimum absolute atomic E-state index is 0.000278. The van der Waals surface area contributed by atoms with E-state index >= 15 is 0 Å². The number of ether oxygens (including phenoxy) is 2. The zero-order valence-corrected chi connectivity index (χ0v) is 36.4. The molecular weight excluding hydrogens is 907 g/mol. The zero-order chi connectivity index (χ0) is 37.4. The van der Waals surface area contributed by atoms with E-state index in [0.717, 1.165) is 23.5 Å². The van der Waals surface area contributed by atoms with Crippen molar-refractivity contribution in [2.24, 2.45) is 5.41 Å². The van der Waals surface area contributed by atoms with E-state index in [9.17, 15) is 5.11 Å². The maximum absolute atomic E-state index is 9.69. The van der Waals surface area contributed by atoms with Crippen LogP contribution in [0.2, 0.25) is 5.02 Å². The molecule has 4 N–H and O–H groups in total. The fourth-order valence-electron chi connectivity index (χ4n) is 3.91. The minimum atomic E-state index is -0.529. The van der Waals surface area contributed by atoms with Crippen LogP contribution in [-0.4, -0.2) is 49.8 Å². The van der Waals surface area contributed by atoms with E-state index in [1.807, 2.05) is 54.6 Å². The first-order valence-corrected chi connectivity index (χ1v) is 20.1. The van der Waals surface area contributed by atoms with E-state index in [1.165, 1.54) is 29.5 Å². The van der Waals surface area contributed by atoms with Gasteiger partial charge in [-0.2, -0.15) is 0 Å². The van der Waals surface area contributed by atoms with Crippen LogP contribution in [0.1, 0.15) is 80.1 Å². The molecule has 0 aliphatic carbocycles. The van der Waals surface area contributed by atoms with E-state index in [1.54, 1.807) is 23.2 Å². The Morgan fingerprint density at radius 3 is 1.73 bits per heavy atom. The maximum atomic E-state index is 9.69. The second-order valence-corrected chi connectivity index (χ2v) is 15.8. The maximum Gasteiger partial charge on any atom is 0.134 e. The van der Waals surface area contributed by atoms with E-state index in [-0.39, 0.29) is 11.5 Å². The summed E-state index contributed by atoms with van der Waals surface area (Å²) in [7, 11) is 0. The molecule has 0 unspecified atom stereocenters. The van der Waals surface area contributed by atoms with Gasteiger partial charge in [0.15, 0.2) is 0 Å². The standard InChI is InChI=1S/C12H17BrO2.C10H19BrO.C9H10BrClO2.C7H7BrO/c1-8-6-11(7-9(2)10(8)3)15-5-4-12(13)14;1-4-5-7-10(2,3)9(12)6-8-11;10-9(12)4-5-13-8-3-1-2-7(11)6-8;8-7(9)6-4-2-1-3-5-6/h6-7,12,14H,4-5H2,1-3H3;6,8-9,12H,4-5,7H2,1-3H3;1-3,6,9,12H,4-5H2;1-5,7,9H/b;8-6+;;/t12-;2*9-;7-/m0100/s1. The Balaban J connectivity index is 0.000000636.